The molecule has 1 aliphatic heterocycles. The van der Waals surface area contributed by atoms with Gasteiger partial charge in [0.25, 0.3) is 15.7 Å². The monoisotopic (exact) mass is 337 g/mol. The number of sulfonamides is 1. The summed E-state index contributed by atoms with van der Waals surface area (Å²) in [6.45, 7) is 5.71. The Labute approximate surface area is 135 Å². The predicted molar refractivity (Wildman–Crippen MR) is 84.0 cm³/mol. The van der Waals surface area contributed by atoms with Gasteiger partial charge in [0.15, 0.2) is 4.90 Å². The fourth-order valence-corrected chi connectivity index (χ4v) is 4.88. The van der Waals surface area contributed by atoms with Gasteiger partial charge in [0, 0.05) is 12.6 Å². The van der Waals surface area contributed by atoms with E-state index in [1.54, 1.807) is 6.92 Å². The maximum absolute atomic E-state index is 13.0. The summed E-state index contributed by atoms with van der Waals surface area (Å²) in [6.07, 6.45) is 0.418. The first-order valence-electron chi connectivity index (χ1n) is 7.31. The molecule has 1 heterocycles. The van der Waals surface area contributed by atoms with E-state index in [9.17, 15) is 23.8 Å². The lowest BCUT2D eigenvalue weighted by Gasteiger charge is -2.27. The van der Waals surface area contributed by atoms with Crippen LogP contribution in [0.25, 0.3) is 0 Å². The van der Waals surface area contributed by atoms with Gasteiger partial charge in [-0.15, -0.1) is 0 Å². The molecular weight excluding hydrogens is 318 g/mol. The summed E-state index contributed by atoms with van der Waals surface area (Å²) in [5.74, 6) is 0.255. The van der Waals surface area contributed by atoms with Crippen LogP contribution < -0.4 is 0 Å². The van der Waals surface area contributed by atoms with E-state index in [-0.39, 0.29) is 23.3 Å². The Morgan fingerprint density at radius 1 is 1.43 bits per heavy atom. The van der Waals surface area contributed by atoms with Crippen molar-refractivity contribution in [2.45, 2.75) is 37.6 Å². The van der Waals surface area contributed by atoms with Crippen LogP contribution in [0.2, 0.25) is 0 Å². The lowest BCUT2D eigenvalue weighted by molar-refractivity contribution is -0.387. The topological polar surface area (TPSA) is 104 Å². The highest BCUT2D eigenvalue weighted by Crippen LogP contribution is 2.41. The molecule has 0 spiro atoms. The summed E-state index contributed by atoms with van der Waals surface area (Å²) in [7, 11) is -4.13. The summed E-state index contributed by atoms with van der Waals surface area (Å²) in [6, 6.07) is 7.31. The van der Waals surface area contributed by atoms with Gasteiger partial charge in [0.2, 0.25) is 0 Å². The first-order chi connectivity index (χ1) is 10.6. The third-order valence-electron chi connectivity index (χ3n) is 4.42. The molecule has 0 unspecified atom stereocenters. The van der Waals surface area contributed by atoms with Crippen LogP contribution in [-0.4, -0.2) is 29.7 Å². The van der Waals surface area contributed by atoms with E-state index < -0.39 is 26.2 Å². The lowest BCUT2D eigenvalue weighted by atomic mass is 9.89. The summed E-state index contributed by atoms with van der Waals surface area (Å²) < 4.78 is 27.1. The molecule has 23 heavy (non-hydrogen) atoms. The minimum Gasteiger partial charge on any atom is -0.258 e. The molecule has 0 radical (unpaired) electrons. The molecule has 8 heteroatoms. The third kappa shape index (κ3) is 2.94. The van der Waals surface area contributed by atoms with Crippen molar-refractivity contribution in [1.82, 2.24) is 4.31 Å². The molecule has 0 aliphatic carbocycles. The minimum atomic E-state index is -4.13. The molecule has 0 aromatic heterocycles. The molecule has 1 aromatic rings. The summed E-state index contributed by atoms with van der Waals surface area (Å²) in [4.78, 5) is 10.1. The van der Waals surface area contributed by atoms with Crippen molar-refractivity contribution in [1.29, 1.82) is 5.26 Å². The minimum absolute atomic E-state index is 0.0391. The molecule has 0 N–H and O–H groups in total. The number of nitrogens with zero attached hydrogens (tertiary/aromatic N) is 3. The molecule has 1 aromatic carbocycles. The maximum atomic E-state index is 13.0. The Bertz CT molecular complexity index is 769. The largest absolute Gasteiger partial charge is 0.289 e. The zero-order valence-electron chi connectivity index (χ0n) is 13.3. The number of rotatable bonds is 4. The molecule has 1 aliphatic rings. The quantitative estimate of drug-likeness (QED) is 0.620. The molecule has 2 rings (SSSR count). The SMILES string of the molecule is CC(C)[C@H]1CN(S(=O)(=O)c2ccccc2[N+](=O)[O-])[C@](C)(C#N)C1. The van der Waals surface area contributed by atoms with Gasteiger partial charge in [0.05, 0.1) is 11.0 Å². The Hall–Kier alpha value is -1.98. The Morgan fingerprint density at radius 2 is 2.04 bits per heavy atom. The van der Waals surface area contributed by atoms with Gasteiger partial charge in [0.1, 0.15) is 5.54 Å². The van der Waals surface area contributed by atoms with E-state index in [0.29, 0.717) is 6.42 Å². The van der Waals surface area contributed by atoms with Gasteiger partial charge in [-0.2, -0.15) is 9.57 Å². The van der Waals surface area contributed by atoms with Gasteiger partial charge in [-0.05, 0) is 31.2 Å². The van der Waals surface area contributed by atoms with Crippen molar-refractivity contribution < 1.29 is 13.3 Å². The van der Waals surface area contributed by atoms with Crippen LogP contribution in [-0.2, 0) is 10.0 Å². The second-order valence-electron chi connectivity index (χ2n) is 6.35. The molecule has 0 bridgehead atoms. The van der Waals surface area contributed by atoms with Crippen molar-refractivity contribution in [3.8, 4) is 6.07 Å². The molecule has 0 amide bonds. The van der Waals surface area contributed by atoms with Gasteiger partial charge in [-0.25, -0.2) is 8.42 Å². The fraction of sp³-hybridized carbons (Fsp3) is 0.533. The van der Waals surface area contributed by atoms with E-state index in [1.807, 2.05) is 13.8 Å². The molecule has 1 fully saturated rings. The van der Waals surface area contributed by atoms with E-state index in [1.165, 1.54) is 18.2 Å². The number of hydrogen-bond acceptors (Lipinski definition) is 5. The van der Waals surface area contributed by atoms with Crippen LogP contribution in [0.15, 0.2) is 29.2 Å². The molecule has 7 nitrogen and oxygen atoms in total. The fourth-order valence-electron chi connectivity index (χ4n) is 2.95. The van der Waals surface area contributed by atoms with E-state index in [2.05, 4.69) is 6.07 Å². The van der Waals surface area contributed by atoms with Crippen LogP contribution in [0.5, 0.6) is 0 Å². The summed E-state index contributed by atoms with van der Waals surface area (Å²) >= 11 is 0. The first-order valence-corrected chi connectivity index (χ1v) is 8.75. The number of nitriles is 1. The second-order valence-corrected chi connectivity index (χ2v) is 8.19. The van der Waals surface area contributed by atoms with Crippen molar-refractivity contribution in [2.24, 2.45) is 11.8 Å². The Balaban J connectivity index is 2.56. The van der Waals surface area contributed by atoms with Gasteiger partial charge < -0.3 is 0 Å². The Kier molecular flexibility index (Phi) is 4.46. The smallest absolute Gasteiger partial charge is 0.258 e. The van der Waals surface area contributed by atoms with Crippen molar-refractivity contribution in [3.05, 3.63) is 34.4 Å². The van der Waals surface area contributed by atoms with Crippen LogP contribution in [0.4, 0.5) is 5.69 Å². The van der Waals surface area contributed by atoms with Crippen LogP contribution >= 0.6 is 0 Å². The van der Waals surface area contributed by atoms with Crippen LogP contribution in [0.3, 0.4) is 0 Å². The van der Waals surface area contributed by atoms with E-state index in [0.717, 1.165) is 10.4 Å². The number of benzene rings is 1. The number of nitro groups is 1. The number of nitro benzene ring substituents is 1. The van der Waals surface area contributed by atoms with Gasteiger partial charge in [-0.1, -0.05) is 26.0 Å². The average molecular weight is 337 g/mol. The van der Waals surface area contributed by atoms with Gasteiger partial charge >= 0.3 is 0 Å². The highest BCUT2D eigenvalue weighted by molar-refractivity contribution is 7.89. The standard InChI is InChI=1S/C15H19N3O4S/c1-11(2)12-8-15(3,10-16)17(9-12)23(21,22)14-7-5-4-6-13(14)18(19)20/h4-7,11-12H,8-9H2,1-3H3/t12-,15+/m1/s1. The second kappa shape index (κ2) is 5.91. The van der Waals surface area contributed by atoms with Crippen LogP contribution in [0, 0.1) is 33.3 Å². The van der Waals surface area contributed by atoms with Crippen molar-refractivity contribution in [2.75, 3.05) is 6.54 Å². The third-order valence-corrected chi connectivity index (χ3v) is 6.46. The zero-order valence-corrected chi connectivity index (χ0v) is 14.1. The molecule has 0 saturated carbocycles. The number of para-hydroxylation sites is 1. The lowest BCUT2D eigenvalue weighted by Crippen LogP contribution is -2.44. The van der Waals surface area contributed by atoms with E-state index >= 15 is 0 Å². The van der Waals surface area contributed by atoms with Gasteiger partial charge in [-0.3, -0.25) is 10.1 Å². The molecule has 124 valence electrons. The highest BCUT2D eigenvalue weighted by atomic mass is 32.2. The molecule has 2 atom stereocenters. The summed E-state index contributed by atoms with van der Waals surface area (Å²) in [5, 5.41) is 20.6. The zero-order chi connectivity index (χ0) is 17.4. The maximum Gasteiger partial charge on any atom is 0.289 e. The Morgan fingerprint density at radius 3 is 2.57 bits per heavy atom. The summed E-state index contributed by atoms with van der Waals surface area (Å²) in [5.41, 5.74) is -1.67. The number of hydrogen-bond donors (Lipinski definition) is 0. The van der Waals surface area contributed by atoms with Crippen molar-refractivity contribution >= 4 is 15.7 Å². The van der Waals surface area contributed by atoms with E-state index in [4.69, 9.17) is 0 Å². The first kappa shape index (κ1) is 17.4. The normalized spacial score (nSPS) is 25.4. The predicted octanol–water partition coefficient (Wildman–Crippen LogP) is 2.54. The van der Waals surface area contributed by atoms with Crippen LogP contribution in [0.1, 0.15) is 27.2 Å². The highest BCUT2D eigenvalue weighted by Gasteiger charge is 2.50. The molecular formula is C15H19N3O4S. The average Bonchev–Trinajstić information content (AvgIpc) is 2.87. The van der Waals surface area contributed by atoms with Crippen molar-refractivity contribution in [3.63, 3.8) is 0 Å². The molecule has 1 saturated heterocycles.